The second-order valence-corrected chi connectivity index (χ2v) is 3.48. The maximum absolute atomic E-state index is 11.2. The fourth-order valence-electron chi connectivity index (χ4n) is 1.17. The number of ether oxygens (including phenoxy) is 3. The van der Waals surface area contributed by atoms with Gasteiger partial charge in [0.15, 0.2) is 18.1 Å². The molecule has 4 nitrogen and oxygen atoms in total. The van der Waals surface area contributed by atoms with Gasteiger partial charge < -0.3 is 14.2 Å². The van der Waals surface area contributed by atoms with Gasteiger partial charge in [0.1, 0.15) is 0 Å². The molecule has 0 radical (unpaired) electrons. The number of para-hydroxylation sites is 2. The van der Waals surface area contributed by atoms with Crippen molar-refractivity contribution in [3.8, 4) is 11.5 Å². The first-order valence-corrected chi connectivity index (χ1v) is 5.08. The normalized spacial score (nSPS) is 10.0. The van der Waals surface area contributed by atoms with E-state index in [4.69, 9.17) is 14.2 Å². The minimum Gasteiger partial charge on any atom is -0.493 e. The molecule has 0 aliphatic heterocycles. The molecule has 0 saturated carbocycles. The average Bonchev–Trinajstić information content (AvgIpc) is 2.26. The van der Waals surface area contributed by atoms with E-state index in [1.54, 1.807) is 33.1 Å². The van der Waals surface area contributed by atoms with E-state index in [1.165, 1.54) is 0 Å². The molecular formula is C12H16O4. The Morgan fingerprint density at radius 2 is 1.88 bits per heavy atom. The molecule has 0 aromatic heterocycles. The molecule has 4 heteroatoms. The molecule has 0 heterocycles. The maximum Gasteiger partial charge on any atom is 0.344 e. The monoisotopic (exact) mass is 224 g/mol. The predicted octanol–water partition coefficient (Wildman–Crippen LogP) is 2.03. The summed E-state index contributed by atoms with van der Waals surface area (Å²) in [5.41, 5.74) is 0. The van der Waals surface area contributed by atoms with Crippen LogP contribution in [0.1, 0.15) is 13.8 Å². The van der Waals surface area contributed by atoms with Crippen molar-refractivity contribution in [3.05, 3.63) is 24.3 Å². The molecule has 0 aliphatic rings. The Kier molecular flexibility index (Phi) is 4.64. The number of benzene rings is 1. The van der Waals surface area contributed by atoms with Crippen molar-refractivity contribution in [2.24, 2.45) is 0 Å². The van der Waals surface area contributed by atoms with Gasteiger partial charge in [0.05, 0.1) is 13.2 Å². The summed E-state index contributed by atoms with van der Waals surface area (Å²) in [5.74, 6) is 0.742. The molecule has 0 N–H and O–H groups in total. The summed E-state index contributed by atoms with van der Waals surface area (Å²) in [5, 5.41) is 0. The number of hydrogen-bond acceptors (Lipinski definition) is 4. The summed E-state index contributed by atoms with van der Waals surface area (Å²) in [7, 11) is 1.55. The van der Waals surface area contributed by atoms with Gasteiger partial charge in [-0.05, 0) is 26.0 Å². The van der Waals surface area contributed by atoms with Crippen molar-refractivity contribution in [3.63, 3.8) is 0 Å². The van der Waals surface area contributed by atoms with Crippen molar-refractivity contribution < 1.29 is 19.0 Å². The fourth-order valence-corrected chi connectivity index (χ4v) is 1.17. The first-order valence-electron chi connectivity index (χ1n) is 5.08. The van der Waals surface area contributed by atoms with E-state index in [-0.39, 0.29) is 18.7 Å². The Morgan fingerprint density at radius 3 is 2.44 bits per heavy atom. The van der Waals surface area contributed by atoms with Gasteiger partial charge >= 0.3 is 5.97 Å². The molecule has 1 aromatic rings. The lowest BCUT2D eigenvalue weighted by molar-refractivity contribution is -0.149. The zero-order valence-electron chi connectivity index (χ0n) is 9.73. The lowest BCUT2D eigenvalue weighted by Gasteiger charge is -2.11. The summed E-state index contributed by atoms with van der Waals surface area (Å²) in [6.45, 7) is 3.47. The van der Waals surface area contributed by atoms with Gasteiger partial charge in [-0.25, -0.2) is 4.79 Å². The molecule has 0 atom stereocenters. The van der Waals surface area contributed by atoms with Crippen molar-refractivity contribution in [2.75, 3.05) is 13.7 Å². The number of carbonyl (C=O) groups excluding carboxylic acids is 1. The number of esters is 1. The molecule has 0 amide bonds. The molecule has 16 heavy (non-hydrogen) atoms. The van der Waals surface area contributed by atoms with Crippen molar-refractivity contribution >= 4 is 5.97 Å². The predicted molar refractivity (Wildman–Crippen MR) is 59.7 cm³/mol. The highest BCUT2D eigenvalue weighted by atomic mass is 16.6. The minimum atomic E-state index is -0.388. The standard InChI is InChI=1S/C12H16O4/c1-9(2)16-12(13)8-15-11-7-5-4-6-10(11)14-3/h4-7,9H,8H2,1-3H3. The third kappa shape index (κ3) is 3.81. The van der Waals surface area contributed by atoms with Crippen LogP contribution in [0.15, 0.2) is 24.3 Å². The van der Waals surface area contributed by atoms with Crippen LogP contribution in [0.25, 0.3) is 0 Å². The fraction of sp³-hybridized carbons (Fsp3) is 0.417. The maximum atomic E-state index is 11.2. The molecule has 0 bridgehead atoms. The van der Waals surface area contributed by atoms with Gasteiger partial charge in [0, 0.05) is 0 Å². The second kappa shape index (κ2) is 6.00. The lowest BCUT2D eigenvalue weighted by Crippen LogP contribution is -2.18. The summed E-state index contributed by atoms with van der Waals surface area (Å²) >= 11 is 0. The molecule has 0 unspecified atom stereocenters. The average molecular weight is 224 g/mol. The van der Waals surface area contributed by atoms with Crippen LogP contribution in [-0.2, 0) is 9.53 Å². The Balaban J connectivity index is 2.51. The molecular weight excluding hydrogens is 208 g/mol. The second-order valence-electron chi connectivity index (χ2n) is 3.48. The van der Waals surface area contributed by atoms with Crippen LogP contribution >= 0.6 is 0 Å². The smallest absolute Gasteiger partial charge is 0.344 e. The summed E-state index contributed by atoms with van der Waals surface area (Å²) in [6, 6.07) is 7.15. The molecule has 1 rings (SSSR count). The SMILES string of the molecule is COc1ccccc1OCC(=O)OC(C)C. The zero-order valence-corrected chi connectivity index (χ0v) is 9.73. The van der Waals surface area contributed by atoms with E-state index in [9.17, 15) is 4.79 Å². The first kappa shape index (κ1) is 12.4. The molecule has 0 fully saturated rings. The summed E-state index contributed by atoms with van der Waals surface area (Å²) in [6.07, 6.45) is -0.131. The minimum absolute atomic E-state index is 0.113. The number of rotatable bonds is 5. The van der Waals surface area contributed by atoms with Crippen LogP contribution in [0.4, 0.5) is 0 Å². The summed E-state index contributed by atoms with van der Waals surface area (Å²) in [4.78, 5) is 11.2. The topological polar surface area (TPSA) is 44.8 Å². The van der Waals surface area contributed by atoms with Crippen LogP contribution < -0.4 is 9.47 Å². The Hall–Kier alpha value is -1.71. The van der Waals surface area contributed by atoms with E-state index in [2.05, 4.69) is 0 Å². The highest BCUT2D eigenvalue weighted by molar-refractivity contribution is 5.71. The molecule has 0 saturated heterocycles. The van der Waals surface area contributed by atoms with Gasteiger partial charge in [-0.1, -0.05) is 12.1 Å². The quantitative estimate of drug-likeness (QED) is 0.718. The first-order chi connectivity index (χ1) is 7.63. The number of carbonyl (C=O) groups is 1. The van der Waals surface area contributed by atoms with Crippen LogP contribution in [0.3, 0.4) is 0 Å². The molecule has 0 spiro atoms. The van der Waals surface area contributed by atoms with Gasteiger partial charge in [-0.2, -0.15) is 0 Å². The lowest BCUT2D eigenvalue weighted by atomic mass is 10.3. The molecule has 88 valence electrons. The van der Waals surface area contributed by atoms with Crippen LogP contribution in [0.5, 0.6) is 11.5 Å². The van der Waals surface area contributed by atoms with Gasteiger partial charge in [-0.3, -0.25) is 0 Å². The third-order valence-electron chi connectivity index (χ3n) is 1.78. The van der Waals surface area contributed by atoms with E-state index >= 15 is 0 Å². The van der Waals surface area contributed by atoms with E-state index < -0.39 is 0 Å². The summed E-state index contributed by atoms with van der Waals surface area (Å²) < 4.78 is 15.3. The molecule has 1 aromatic carbocycles. The highest BCUT2D eigenvalue weighted by Gasteiger charge is 2.08. The van der Waals surface area contributed by atoms with Gasteiger partial charge in [0.2, 0.25) is 0 Å². The number of hydrogen-bond donors (Lipinski definition) is 0. The van der Waals surface area contributed by atoms with Gasteiger partial charge in [-0.15, -0.1) is 0 Å². The van der Waals surface area contributed by atoms with Crippen molar-refractivity contribution in [1.82, 2.24) is 0 Å². The van der Waals surface area contributed by atoms with Crippen LogP contribution in [-0.4, -0.2) is 25.8 Å². The van der Waals surface area contributed by atoms with Crippen molar-refractivity contribution in [2.45, 2.75) is 20.0 Å². The molecule has 0 aliphatic carbocycles. The Labute approximate surface area is 95.1 Å². The Bertz CT molecular complexity index is 347. The van der Waals surface area contributed by atoms with Crippen LogP contribution in [0.2, 0.25) is 0 Å². The highest BCUT2D eigenvalue weighted by Crippen LogP contribution is 2.25. The largest absolute Gasteiger partial charge is 0.493 e. The third-order valence-corrected chi connectivity index (χ3v) is 1.78. The van der Waals surface area contributed by atoms with E-state index in [0.717, 1.165) is 0 Å². The van der Waals surface area contributed by atoms with E-state index in [1.807, 2.05) is 12.1 Å². The van der Waals surface area contributed by atoms with E-state index in [0.29, 0.717) is 11.5 Å². The van der Waals surface area contributed by atoms with Gasteiger partial charge in [0.25, 0.3) is 0 Å². The van der Waals surface area contributed by atoms with Crippen LogP contribution in [0, 0.1) is 0 Å². The number of methoxy groups -OCH3 is 1. The zero-order chi connectivity index (χ0) is 12.0. The van der Waals surface area contributed by atoms with Crippen molar-refractivity contribution in [1.29, 1.82) is 0 Å². The Morgan fingerprint density at radius 1 is 1.25 bits per heavy atom.